The molecule has 1 fully saturated rings. The summed E-state index contributed by atoms with van der Waals surface area (Å²) in [5.41, 5.74) is 0. The maximum absolute atomic E-state index is 12.4. The largest absolute Gasteiger partial charge is 0.478 e. The molecule has 98 valence electrons. The molecule has 1 saturated heterocycles. The van der Waals surface area contributed by atoms with Crippen molar-refractivity contribution in [2.45, 2.75) is 32.1 Å². The van der Waals surface area contributed by atoms with Gasteiger partial charge in [0, 0.05) is 18.9 Å². The van der Waals surface area contributed by atoms with Crippen LogP contribution in [0.15, 0.2) is 17.1 Å². The van der Waals surface area contributed by atoms with Crippen LogP contribution in [0.5, 0.6) is 0 Å². The van der Waals surface area contributed by atoms with Crippen LogP contribution in [-0.4, -0.2) is 46.9 Å². The van der Waals surface area contributed by atoms with E-state index in [1.807, 2.05) is 0 Å². The first-order chi connectivity index (χ1) is 8.65. The molecule has 5 nitrogen and oxygen atoms in total. The Balaban J connectivity index is 2.28. The van der Waals surface area contributed by atoms with E-state index >= 15 is 0 Å². The third-order valence-corrected chi connectivity index (χ3v) is 3.72. The van der Waals surface area contributed by atoms with Gasteiger partial charge in [0.05, 0.1) is 25.7 Å². The fraction of sp³-hybridized carbons (Fsp3) is 0.615. The number of quaternary nitrogens is 1. The van der Waals surface area contributed by atoms with Gasteiger partial charge >= 0.3 is 11.9 Å². The molecule has 2 aliphatic heterocycles. The smallest absolute Gasteiger partial charge is 0.344 e. The van der Waals surface area contributed by atoms with Crippen molar-refractivity contribution in [3.05, 3.63) is 12.2 Å². The predicted molar refractivity (Wildman–Crippen MR) is 67.2 cm³/mol. The summed E-state index contributed by atoms with van der Waals surface area (Å²) in [6, 6.07) is 0. The molecule has 0 saturated carbocycles. The molecule has 0 aromatic heterocycles. The molecule has 0 aliphatic carbocycles. The molecule has 1 unspecified atom stereocenters. The van der Waals surface area contributed by atoms with Crippen molar-refractivity contribution in [3.8, 4) is 0 Å². The third-order valence-electron chi connectivity index (χ3n) is 3.72. The lowest BCUT2D eigenvalue weighted by molar-refractivity contribution is -0.764. The number of amides is 1. The van der Waals surface area contributed by atoms with Crippen LogP contribution in [0.3, 0.4) is 0 Å². The molecule has 1 atom stereocenters. The number of carboxylic acid groups (broad SMARTS) is 1. The molecular weight excluding hydrogens is 232 g/mol. The fourth-order valence-corrected chi connectivity index (χ4v) is 2.82. The molecule has 2 heterocycles. The van der Waals surface area contributed by atoms with Crippen LogP contribution in [0.2, 0.25) is 0 Å². The second-order valence-electron chi connectivity index (χ2n) is 4.89. The highest BCUT2D eigenvalue weighted by atomic mass is 16.4. The van der Waals surface area contributed by atoms with Gasteiger partial charge in [0.15, 0.2) is 0 Å². The molecule has 0 aromatic rings. The van der Waals surface area contributed by atoms with Crippen molar-refractivity contribution in [3.63, 3.8) is 0 Å². The molecule has 0 spiro atoms. The fourth-order valence-electron chi connectivity index (χ4n) is 2.82. The van der Waals surface area contributed by atoms with Crippen LogP contribution >= 0.6 is 0 Å². The molecule has 1 amide bonds. The number of carboxylic acids is 1. The van der Waals surface area contributed by atoms with E-state index in [1.54, 1.807) is 0 Å². The molecule has 0 radical (unpaired) electrons. The van der Waals surface area contributed by atoms with Gasteiger partial charge in [0.1, 0.15) is 0 Å². The van der Waals surface area contributed by atoms with Crippen LogP contribution < -0.4 is 0 Å². The summed E-state index contributed by atoms with van der Waals surface area (Å²) in [6.07, 6.45) is 7.11. The zero-order chi connectivity index (χ0) is 13.0. The highest BCUT2D eigenvalue weighted by Crippen LogP contribution is 2.25. The number of aliphatic carboxylic acids is 1. The van der Waals surface area contributed by atoms with E-state index in [0.717, 1.165) is 63.7 Å². The Morgan fingerprint density at radius 1 is 1.11 bits per heavy atom. The van der Waals surface area contributed by atoms with E-state index in [1.165, 1.54) is 6.08 Å². The normalized spacial score (nSPS) is 28.3. The number of fused-ring (bicyclic) bond motifs is 1. The number of rotatable bonds is 2. The van der Waals surface area contributed by atoms with Gasteiger partial charge in [-0.2, -0.15) is 0 Å². The minimum Gasteiger partial charge on any atom is -0.478 e. The van der Waals surface area contributed by atoms with Gasteiger partial charge in [0.25, 0.3) is 0 Å². The van der Waals surface area contributed by atoms with Gasteiger partial charge in [-0.25, -0.2) is 19.1 Å². The Bertz CT molecular complexity index is 414. The number of aliphatic imine (C=N–C) groups is 1. The van der Waals surface area contributed by atoms with E-state index in [4.69, 9.17) is 5.11 Å². The van der Waals surface area contributed by atoms with Gasteiger partial charge in [0.2, 0.25) is 5.84 Å². The highest BCUT2D eigenvalue weighted by molar-refractivity contribution is 5.97. The summed E-state index contributed by atoms with van der Waals surface area (Å²) >= 11 is 0. The van der Waals surface area contributed by atoms with Crippen LogP contribution in [0.25, 0.3) is 0 Å². The predicted octanol–water partition coefficient (Wildman–Crippen LogP) is 1.35. The average Bonchev–Trinajstić information content (AvgIpc) is 2.58. The molecule has 2 aliphatic rings. The molecule has 0 bridgehead atoms. The first-order valence-corrected chi connectivity index (χ1v) is 6.52. The lowest BCUT2D eigenvalue weighted by Gasteiger charge is -2.36. The molecule has 5 heteroatoms. The average molecular weight is 251 g/mol. The Morgan fingerprint density at radius 3 is 2.67 bits per heavy atom. The first-order valence-electron chi connectivity index (χ1n) is 6.52. The van der Waals surface area contributed by atoms with Gasteiger partial charge in [-0.3, -0.25) is 0 Å². The van der Waals surface area contributed by atoms with Crippen molar-refractivity contribution in [2.24, 2.45) is 4.99 Å². The van der Waals surface area contributed by atoms with E-state index in [9.17, 15) is 9.59 Å². The number of carbonyl (C=O) groups excluding carboxylic acids is 1. The van der Waals surface area contributed by atoms with Crippen molar-refractivity contribution in [2.75, 3.05) is 19.6 Å². The number of amidine groups is 1. The topological polar surface area (TPSA) is 66.7 Å². The number of hydrogen-bond donors (Lipinski definition) is 1. The summed E-state index contributed by atoms with van der Waals surface area (Å²) in [5.74, 6) is -0.247. The lowest BCUT2D eigenvalue weighted by Crippen LogP contribution is -2.58. The Morgan fingerprint density at radius 2 is 1.89 bits per heavy atom. The zero-order valence-electron chi connectivity index (χ0n) is 10.5. The van der Waals surface area contributed by atoms with Gasteiger partial charge < -0.3 is 5.11 Å². The highest BCUT2D eigenvalue weighted by Gasteiger charge is 2.42. The number of nitrogens with zero attached hydrogens (tertiary/aromatic N) is 2. The van der Waals surface area contributed by atoms with Crippen LogP contribution in [0.1, 0.15) is 32.1 Å². The maximum Gasteiger partial charge on any atom is 0.344 e. The molecule has 1 N–H and O–H groups in total. The number of carbonyl (C=O) groups is 2. The SMILES string of the molecule is O=C(O)/C=C\C(=O)[N+]12CCCCCC1=NCCC2. The van der Waals surface area contributed by atoms with Crippen molar-refractivity contribution < 1.29 is 19.2 Å². The van der Waals surface area contributed by atoms with Crippen LogP contribution in [-0.2, 0) is 9.59 Å². The van der Waals surface area contributed by atoms with E-state index in [0.29, 0.717) is 0 Å². The summed E-state index contributed by atoms with van der Waals surface area (Å²) in [7, 11) is 0. The quantitative estimate of drug-likeness (QED) is 0.595. The van der Waals surface area contributed by atoms with Gasteiger partial charge in [-0.1, -0.05) is 0 Å². The van der Waals surface area contributed by atoms with E-state index in [-0.39, 0.29) is 10.4 Å². The molecule has 0 aromatic carbocycles. The van der Waals surface area contributed by atoms with E-state index < -0.39 is 5.97 Å². The summed E-state index contributed by atoms with van der Waals surface area (Å²) in [5, 5.41) is 8.63. The lowest BCUT2D eigenvalue weighted by atomic mass is 10.1. The third kappa shape index (κ3) is 2.51. The maximum atomic E-state index is 12.4. The first kappa shape index (κ1) is 13.0. The Kier molecular flexibility index (Phi) is 3.91. The summed E-state index contributed by atoms with van der Waals surface area (Å²) in [6.45, 7) is 2.33. The van der Waals surface area contributed by atoms with Crippen molar-refractivity contribution >= 4 is 17.7 Å². The summed E-state index contributed by atoms with van der Waals surface area (Å²) in [4.78, 5) is 27.4. The molecule has 2 rings (SSSR count). The van der Waals surface area contributed by atoms with Crippen LogP contribution in [0, 0.1) is 0 Å². The van der Waals surface area contributed by atoms with E-state index in [2.05, 4.69) is 4.99 Å². The van der Waals surface area contributed by atoms with Gasteiger partial charge in [-0.15, -0.1) is 0 Å². The van der Waals surface area contributed by atoms with Crippen molar-refractivity contribution in [1.29, 1.82) is 0 Å². The van der Waals surface area contributed by atoms with Crippen molar-refractivity contribution in [1.82, 2.24) is 0 Å². The minimum atomic E-state index is -1.08. The summed E-state index contributed by atoms with van der Waals surface area (Å²) < 4.78 is 0.268. The standard InChI is InChI=1S/C13H18N2O3/c16-12(6-7-13(17)18)15-9-3-1-2-5-11(15)14-8-4-10-15/h6-7H,1-5,8-10H2/p+1/b7-6-. The second kappa shape index (κ2) is 5.44. The Labute approximate surface area is 106 Å². The van der Waals surface area contributed by atoms with Crippen LogP contribution in [0.4, 0.5) is 0 Å². The Hall–Kier alpha value is -1.49. The molecular formula is C13H19N2O3+. The monoisotopic (exact) mass is 251 g/mol. The zero-order valence-corrected chi connectivity index (χ0v) is 10.5. The minimum absolute atomic E-state index is 0.127. The van der Waals surface area contributed by atoms with Gasteiger partial charge in [-0.05, 0) is 19.3 Å². The molecule has 18 heavy (non-hydrogen) atoms. The second-order valence-corrected chi connectivity index (χ2v) is 4.89. The number of hydrogen-bond acceptors (Lipinski definition) is 3.